The van der Waals surface area contributed by atoms with Crippen molar-refractivity contribution < 1.29 is 32.0 Å². The number of benzene rings is 2. The van der Waals surface area contributed by atoms with Gasteiger partial charge in [-0.25, -0.2) is 4.79 Å². The van der Waals surface area contributed by atoms with E-state index in [1.807, 2.05) is 0 Å². The molecule has 0 saturated carbocycles. The van der Waals surface area contributed by atoms with Crippen molar-refractivity contribution in [1.29, 1.82) is 0 Å². The number of nitrogens with zero attached hydrogens (tertiary/aromatic N) is 3. The van der Waals surface area contributed by atoms with Crippen LogP contribution in [0.5, 0.6) is 0 Å². The van der Waals surface area contributed by atoms with Crippen molar-refractivity contribution in [2.45, 2.75) is 20.0 Å². The number of carbonyl (C=O) groups excluding carboxylic acids is 2. The van der Waals surface area contributed by atoms with Crippen LogP contribution in [-0.4, -0.2) is 29.9 Å². The van der Waals surface area contributed by atoms with Crippen molar-refractivity contribution in [3.05, 3.63) is 82.7 Å². The number of alkyl halides is 3. The van der Waals surface area contributed by atoms with Crippen LogP contribution in [0.25, 0.3) is 0 Å². The number of ether oxygens (including phenoxy) is 1. The van der Waals surface area contributed by atoms with Crippen LogP contribution in [-0.2, 0) is 15.7 Å². The highest BCUT2D eigenvalue weighted by Crippen LogP contribution is 2.31. The van der Waals surface area contributed by atoms with E-state index in [2.05, 4.69) is 10.3 Å². The summed E-state index contributed by atoms with van der Waals surface area (Å²) in [6, 6.07) is 12.8. The largest absolute Gasteiger partial charge is 0.452 e. The zero-order chi connectivity index (χ0) is 23.3. The summed E-state index contributed by atoms with van der Waals surface area (Å²) >= 11 is 0. The van der Waals surface area contributed by atoms with Crippen LogP contribution in [0.3, 0.4) is 0 Å². The van der Waals surface area contributed by atoms with Crippen molar-refractivity contribution in [3.63, 3.8) is 0 Å². The van der Waals surface area contributed by atoms with Gasteiger partial charge in [0.05, 0.1) is 23.2 Å². The standard InChI is InChI=1S/C22H18F3N3O4/c1-14-20(15(2)32-27-14)21(30)31-13-19(29)28(26-12-16-7-4-3-5-8-16)18-10-6-9-17(11-18)22(23,24)25/h3-12H,13H2,1-2H3. The number of aryl methyl sites for hydroxylation is 2. The minimum absolute atomic E-state index is 0.0798. The van der Waals surface area contributed by atoms with Crippen LogP contribution in [0, 0.1) is 13.8 Å². The zero-order valence-corrected chi connectivity index (χ0v) is 17.1. The van der Waals surface area contributed by atoms with Gasteiger partial charge in [-0.05, 0) is 37.6 Å². The first-order chi connectivity index (χ1) is 15.2. The fourth-order valence-corrected chi connectivity index (χ4v) is 2.79. The third-order valence-corrected chi connectivity index (χ3v) is 4.34. The molecule has 0 aliphatic carbocycles. The van der Waals surface area contributed by atoms with Gasteiger partial charge in [0.15, 0.2) is 6.61 Å². The summed E-state index contributed by atoms with van der Waals surface area (Å²) in [6.45, 7) is 2.29. The molecule has 0 radical (unpaired) electrons. The summed E-state index contributed by atoms with van der Waals surface area (Å²) in [4.78, 5) is 25.1. The number of hydrogen-bond acceptors (Lipinski definition) is 6. The average Bonchev–Trinajstić information content (AvgIpc) is 3.10. The molecule has 0 aliphatic heterocycles. The highest BCUT2D eigenvalue weighted by atomic mass is 19.4. The van der Waals surface area contributed by atoms with Crippen LogP contribution in [0.2, 0.25) is 0 Å². The van der Waals surface area contributed by atoms with E-state index < -0.39 is 30.2 Å². The number of anilines is 1. The molecule has 0 bridgehead atoms. The van der Waals surface area contributed by atoms with E-state index in [4.69, 9.17) is 9.26 Å². The molecule has 1 aromatic heterocycles. The maximum Gasteiger partial charge on any atom is 0.416 e. The quantitative estimate of drug-likeness (QED) is 0.316. The van der Waals surface area contributed by atoms with Crippen LogP contribution >= 0.6 is 0 Å². The second kappa shape index (κ2) is 9.46. The van der Waals surface area contributed by atoms with Gasteiger partial charge in [0.1, 0.15) is 11.3 Å². The maximum absolute atomic E-state index is 13.1. The van der Waals surface area contributed by atoms with Gasteiger partial charge in [-0.3, -0.25) is 4.79 Å². The molecule has 0 atom stereocenters. The van der Waals surface area contributed by atoms with E-state index in [-0.39, 0.29) is 22.7 Å². The SMILES string of the molecule is Cc1noc(C)c1C(=O)OCC(=O)N(N=Cc1ccccc1)c1cccc(C(F)(F)F)c1. The van der Waals surface area contributed by atoms with Crippen molar-refractivity contribution in [3.8, 4) is 0 Å². The molecule has 10 heteroatoms. The van der Waals surface area contributed by atoms with Gasteiger partial charge in [-0.1, -0.05) is 41.6 Å². The molecule has 0 saturated heterocycles. The lowest BCUT2D eigenvalue weighted by Gasteiger charge is -2.18. The fraction of sp³-hybridized carbons (Fsp3) is 0.182. The molecule has 166 valence electrons. The number of rotatable bonds is 6. The number of hydrazone groups is 1. The number of aromatic nitrogens is 1. The Morgan fingerprint density at radius 2 is 1.84 bits per heavy atom. The van der Waals surface area contributed by atoms with Crippen molar-refractivity contribution in [2.75, 3.05) is 11.6 Å². The molecule has 0 aliphatic rings. The molecule has 0 unspecified atom stereocenters. The lowest BCUT2D eigenvalue weighted by Crippen LogP contribution is -2.31. The number of esters is 1. The highest BCUT2D eigenvalue weighted by Gasteiger charge is 2.31. The molecule has 0 spiro atoms. The second-order valence-corrected chi connectivity index (χ2v) is 6.68. The molecular weight excluding hydrogens is 427 g/mol. The average molecular weight is 445 g/mol. The summed E-state index contributed by atoms with van der Waals surface area (Å²) in [5.41, 5.74) is -0.0983. The summed E-state index contributed by atoms with van der Waals surface area (Å²) in [6.07, 6.45) is -3.29. The van der Waals surface area contributed by atoms with Crippen LogP contribution < -0.4 is 5.01 Å². The van der Waals surface area contributed by atoms with Crippen molar-refractivity contribution in [2.24, 2.45) is 5.10 Å². The lowest BCUT2D eigenvalue weighted by atomic mass is 10.2. The van der Waals surface area contributed by atoms with E-state index in [0.29, 0.717) is 5.56 Å². The summed E-state index contributed by atoms with van der Waals surface area (Å²) < 4.78 is 49.4. The molecule has 1 heterocycles. The molecule has 0 fully saturated rings. The van der Waals surface area contributed by atoms with Crippen LogP contribution in [0.1, 0.15) is 32.9 Å². The molecule has 32 heavy (non-hydrogen) atoms. The van der Waals surface area contributed by atoms with Gasteiger partial charge in [-0.2, -0.15) is 23.3 Å². The maximum atomic E-state index is 13.1. The van der Waals surface area contributed by atoms with Gasteiger partial charge in [-0.15, -0.1) is 0 Å². The Morgan fingerprint density at radius 3 is 2.47 bits per heavy atom. The monoisotopic (exact) mass is 445 g/mol. The van der Waals surface area contributed by atoms with Gasteiger partial charge in [0.2, 0.25) is 0 Å². The van der Waals surface area contributed by atoms with Crippen molar-refractivity contribution >= 4 is 23.8 Å². The van der Waals surface area contributed by atoms with E-state index in [9.17, 15) is 22.8 Å². The Balaban J connectivity index is 1.86. The first-order valence-corrected chi connectivity index (χ1v) is 9.36. The first-order valence-electron chi connectivity index (χ1n) is 9.36. The van der Waals surface area contributed by atoms with E-state index in [0.717, 1.165) is 23.2 Å². The fourth-order valence-electron chi connectivity index (χ4n) is 2.79. The molecule has 3 rings (SSSR count). The topological polar surface area (TPSA) is 85.0 Å². The summed E-state index contributed by atoms with van der Waals surface area (Å²) in [5, 5.41) is 8.43. The van der Waals surface area contributed by atoms with Crippen LogP contribution in [0.15, 0.2) is 64.2 Å². The predicted octanol–water partition coefficient (Wildman–Crippen LogP) is 4.53. The normalized spacial score (nSPS) is 11.5. The van der Waals surface area contributed by atoms with Crippen molar-refractivity contribution in [1.82, 2.24) is 5.16 Å². The Hall–Kier alpha value is -3.95. The molecule has 2 aromatic carbocycles. The number of hydrogen-bond donors (Lipinski definition) is 0. The van der Waals surface area contributed by atoms with E-state index >= 15 is 0 Å². The Labute approximate surface area is 181 Å². The third kappa shape index (κ3) is 5.39. The lowest BCUT2D eigenvalue weighted by molar-refractivity contribution is -0.137. The number of amides is 1. The smallest absolute Gasteiger partial charge is 0.416 e. The molecule has 7 nitrogen and oxygen atoms in total. The zero-order valence-electron chi connectivity index (χ0n) is 17.1. The highest BCUT2D eigenvalue weighted by molar-refractivity contribution is 5.98. The van der Waals surface area contributed by atoms with Gasteiger partial charge >= 0.3 is 12.1 Å². The van der Waals surface area contributed by atoms with Gasteiger partial charge < -0.3 is 9.26 Å². The molecule has 0 N–H and O–H groups in total. The third-order valence-electron chi connectivity index (χ3n) is 4.34. The summed E-state index contributed by atoms with van der Waals surface area (Å²) in [7, 11) is 0. The van der Waals surface area contributed by atoms with E-state index in [1.165, 1.54) is 26.1 Å². The number of carbonyl (C=O) groups is 2. The minimum atomic E-state index is -4.61. The second-order valence-electron chi connectivity index (χ2n) is 6.68. The Bertz CT molecular complexity index is 1120. The summed E-state index contributed by atoms with van der Waals surface area (Å²) in [5.74, 6) is -1.47. The van der Waals surface area contributed by atoms with Gasteiger partial charge in [0, 0.05) is 0 Å². The minimum Gasteiger partial charge on any atom is -0.452 e. The predicted molar refractivity (Wildman–Crippen MR) is 109 cm³/mol. The Kier molecular flexibility index (Phi) is 6.72. The molecular formula is C22H18F3N3O4. The molecule has 1 amide bonds. The first kappa shape index (κ1) is 22.7. The van der Waals surface area contributed by atoms with E-state index in [1.54, 1.807) is 30.3 Å². The van der Waals surface area contributed by atoms with Crippen LogP contribution in [0.4, 0.5) is 18.9 Å². The van der Waals surface area contributed by atoms with Gasteiger partial charge in [0.25, 0.3) is 5.91 Å². The Morgan fingerprint density at radius 1 is 1.12 bits per heavy atom. The number of halogens is 3. The molecule has 3 aromatic rings.